The first-order valence-electron chi connectivity index (χ1n) is 11.9. The largest absolute Gasteiger partial charge is 0.499 e. The van der Waals surface area contributed by atoms with Gasteiger partial charge in [-0.15, -0.1) is 0 Å². The molecule has 1 saturated heterocycles. The van der Waals surface area contributed by atoms with E-state index >= 15 is 0 Å². The molecule has 9 nitrogen and oxygen atoms in total. The molecule has 1 N–H and O–H groups in total. The van der Waals surface area contributed by atoms with Crippen molar-refractivity contribution in [1.82, 2.24) is 9.78 Å². The third-order valence-electron chi connectivity index (χ3n) is 6.14. The quantitative estimate of drug-likeness (QED) is 0.229. The van der Waals surface area contributed by atoms with Crippen LogP contribution in [0.3, 0.4) is 0 Å². The van der Waals surface area contributed by atoms with Crippen molar-refractivity contribution in [3.05, 3.63) is 66.4 Å². The Labute approximate surface area is 225 Å². The maximum atomic E-state index is 13.1. The summed E-state index contributed by atoms with van der Waals surface area (Å²) in [5.41, 5.74) is 2.45. The molecule has 0 amide bonds. The van der Waals surface area contributed by atoms with Crippen LogP contribution in [0.4, 0.5) is 22.0 Å². The molecule has 216 valence electrons. The summed E-state index contributed by atoms with van der Waals surface area (Å²) in [5, 5.41) is 18.8. The molecule has 0 bridgehead atoms. The van der Waals surface area contributed by atoms with E-state index in [4.69, 9.17) is 19.0 Å². The van der Waals surface area contributed by atoms with Gasteiger partial charge >= 0.3 is 12.3 Å². The van der Waals surface area contributed by atoms with Gasteiger partial charge in [0.15, 0.2) is 6.10 Å². The highest BCUT2D eigenvalue weighted by molar-refractivity contribution is 5.80. The van der Waals surface area contributed by atoms with E-state index in [2.05, 4.69) is 15.0 Å². The number of ether oxygens (including phenoxy) is 4. The van der Waals surface area contributed by atoms with Crippen molar-refractivity contribution in [3.8, 4) is 22.7 Å². The standard InChI is InChI=1S/C26H26F5N3O6/c1-15-22(36-2)21(35)23(37-3)24(38-15)40-32-14-16-4-6-17(7-5-16)20-12-13-34(33-20)18-8-10-19(11-9-18)39-26(30,31)25(27,28)29/h4-15,21-24,35H,1-3H3/b32-14+/t15-,21+,22-,23+,24-/m0/s1. The molecule has 2 heterocycles. The van der Waals surface area contributed by atoms with Crippen molar-refractivity contribution in [2.45, 2.75) is 49.9 Å². The number of benzene rings is 2. The lowest BCUT2D eigenvalue weighted by Crippen LogP contribution is -2.58. The summed E-state index contributed by atoms with van der Waals surface area (Å²) in [4.78, 5) is 5.43. The van der Waals surface area contributed by atoms with Crippen LogP contribution in [0.5, 0.6) is 5.75 Å². The fourth-order valence-corrected chi connectivity index (χ4v) is 4.04. The van der Waals surface area contributed by atoms with Crippen LogP contribution in [0.15, 0.2) is 65.9 Å². The predicted molar refractivity (Wildman–Crippen MR) is 131 cm³/mol. The van der Waals surface area contributed by atoms with E-state index in [9.17, 15) is 27.1 Å². The second kappa shape index (κ2) is 11.9. The van der Waals surface area contributed by atoms with Crippen LogP contribution in [0, 0.1) is 0 Å². The second-order valence-electron chi connectivity index (χ2n) is 8.82. The number of halogens is 5. The van der Waals surface area contributed by atoms with Crippen molar-refractivity contribution < 1.29 is 50.8 Å². The number of aliphatic hydroxyl groups excluding tert-OH is 1. The maximum absolute atomic E-state index is 13.1. The number of oxime groups is 1. The zero-order chi connectivity index (χ0) is 29.1. The highest BCUT2D eigenvalue weighted by Crippen LogP contribution is 2.37. The first kappa shape index (κ1) is 29.4. The fraction of sp³-hybridized carbons (Fsp3) is 0.385. The van der Waals surface area contributed by atoms with E-state index in [1.807, 2.05) is 0 Å². The van der Waals surface area contributed by atoms with Gasteiger partial charge in [-0.25, -0.2) is 4.68 Å². The van der Waals surface area contributed by atoms with Crippen molar-refractivity contribution in [2.24, 2.45) is 5.16 Å². The van der Waals surface area contributed by atoms with E-state index < -0.39 is 48.7 Å². The Hall–Kier alpha value is -3.59. The summed E-state index contributed by atoms with van der Waals surface area (Å²) in [6.07, 6.45) is -11.8. The molecule has 1 aliphatic rings. The van der Waals surface area contributed by atoms with E-state index in [-0.39, 0.29) is 0 Å². The molecule has 1 aromatic heterocycles. The Balaban J connectivity index is 1.37. The second-order valence-corrected chi connectivity index (χ2v) is 8.82. The van der Waals surface area contributed by atoms with Gasteiger partial charge in [0.1, 0.15) is 18.0 Å². The minimum absolute atomic E-state index is 0.422. The van der Waals surface area contributed by atoms with Crippen molar-refractivity contribution in [2.75, 3.05) is 14.2 Å². The Kier molecular flexibility index (Phi) is 8.73. The molecular formula is C26H26F5N3O6. The normalized spacial score (nSPS) is 23.9. The molecule has 14 heteroatoms. The molecule has 4 rings (SSSR count). The van der Waals surface area contributed by atoms with E-state index in [1.54, 1.807) is 43.5 Å². The van der Waals surface area contributed by atoms with Crippen LogP contribution >= 0.6 is 0 Å². The Bertz CT molecular complexity index is 1280. The topological polar surface area (TPSA) is 96.6 Å². The zero-order valence-electron chi connectivity index (χ0n) is 21.5. The van der Waals surface area contributed by atoms with Crippen LogP contribution in [-0.4, -0.2) is 78.3 Å². The van der Waals surface area contributed by atoms with Gasteiger partial charge in [0, 0.05) is 26.0 Å². The van der Waals surface area contributed by atoms with Crippen LogP contribution in [0.1, 0.15) is 12.5 Å². The molecule has 1 aliphatic heterocycles. The van der Waals surface area contributed by atoms with E-state index in [1.165, 1.54) is 37.2 Å². The Morgan fingerprint density at radius 1 is 0.950 bits per heavy atom. The lowest BCUT2D eigenvalue weighted by molar-refractivity contribution is -0.360. The van der Waals surface area contributed by atoms with Crippen molar-refractivity contribution in [3.63, 3.8) is 0 Å². The number of aliphatic hydroxyl groups is 1. The average Bonchev–Trinajstić information content (AvgIpc) is 3.39. The predicted octanol–water partition coefficient (Wildman–Crippen LogP) is 4.56. The molecule has 0 unspecified atom stereocenters. The van der Waals surface area contributed by atoms with E-state index in [0.717, 1.165) is 17.7 Å². The number of nitrogens with zero attached hydrogens (tertiary/aromatic N) is 3. The lowest BCUT2D eigenvalue weighted by atomic mass is 10.00. The van der Waals surface area contributed by atoms with Crippen molar-refractivity contribution in [1.29, 1.82) is 0 Å². The van der Waals surface area contributed by atoms with Gasteiger partial charge in [0.05, 0.1) is 23.7 Å². The third kappa shape index (κ3) is 6.41. The summed E-state index contributed by atoms with van der Waals surface area (Å²) in [6, 6.07) is 13.4. The van der Waals surface area contributed by atoms with Gasteiger partial charge in [-0.2, -0.15) is 27.1 Å². The summed E-state index contributed by atoms with van der Waals surface area (Å²) in [7, 11) is 2.89. The van der Waals surface area contributed by atoms with Crippen LogP contribution in [0.2, 0.25) is 0 Å². The molecule has 0 saturated carbocycles. The van der Waals surface area contributed by atoms with Gasteiger partial charge in [0.25, 0.3) is 6.29 Å². The SMILES string of the molecule is CO[C@@H]1[C@@H](O)[C@@H](OC)[C@H](O/N=C/c2ccc(-c3ccn(-c4ccc(OC(F)(F)C(F)(F)F)cc4)n3)cc2)O[C@H]1C. The number of rotatable bonds is 9. The van der Waals surface area contributed by atoms with Gasteiger partial charge < -0.3 is 28.9 Å². The number of alkyl halides is 5. The molecule has 1 fully saturated rings. The van der Waals surface area contributed by atoms with Crippen LogP contribution in [-0.2, 0) is 19.0 Å². The molecule has 40 heavy (non-hydrogen) atoms. The van der Waals surface area contributed by atoms with Gasteiger partial charge in [0.2, 0.25) is 0 Å². The van der Waals surface area contributed by atoms with E-state index in [0.29, 0.717) is 16.9 Å². The molecule has 5 atom stereocenters. The molecule has 3 aromatic rings. The minimum atomic E-state index is -5.83. The number of aromatic nitrogens is 2. The molecule has 2 aromatic carbocycles. The Morgan fingerprint density at radius 3 is 2.20 bits per heavy atom. The molecule has 0 spiro atoms. The number of methoxy groups -OCH3 is 2. The lowest BCUT2D eigenvalue weighted by Gasteiger charge is -2.40. The Morgan fingerprint density at radius 2 is 1.60 bits per heavy atom. The maximum Gasteiger partial charge on any atom is 0.499 e. The monoisotopic (exact) mass is 571 g/mol. The van der Waals surface area contributed by atoms with Gasteiger partial charge in [-0.1, -0.05) is 29.4 Å². The fourth-order valence-electron chi connectivity index (χ4n) is 4.04. The van der Waals surface area contributed by atoms with Crippen molar-refractivity contribution >= 4 is 6.21 Å². The highest BCUT2D eigenvalue weighted by Gasteiger charge is 2.61. The summed E-state index contributed by atoms with van der Waals surface area (Å²) in [6.45, 7) is 1.74. The smallest absolute Gasteiger partial charge is 0.426 e. The summed E-state index contributed by atoms with van der Waals surface area (Å²) >= 11 is 0. The summed E-state index contributed by atoms with van der Waals surface area (Å²) in [5.74, 6) is -0.641. The third-order valence-corrected chi connectivity index (χ3v) is 6.14. The van der Waals surface area contributed by atoms with Gasteiger partial charge in [-0.05, 0) is 42.8 Å². The number of hydrogen-bond donors (Lipinski definition) is 1. The van der Waals surface area contributed by atoms with Crippen LogP contribution in [0.25, 0.3) is 16.9 Å². The van der Waals surface area contributed by atoms with Gasteiger partial charge in [-0.3, -0.25) is 0 Å². The average molecular weight is 571 g/mol. The number of hydrogen-bond acceptors (Lipinski definition) is 8. The molecule has 0 radical (unpaired) electrons. The first-order chi connectivity index (χ1) is 18.9. The highest BCUT2D eigenvalue weighted by atomic mass is 19.4. The molecule has 0 aliphatic carbocycles. The zero-order valence-corrected chi connectivity index (χ0v) is 21.5. The first-order valence-corrected chi connectivity index (χ1v) is 11.9. The minimum Gasteiger partial charge on any atom is -0.426 e. The molecular weight excluding hydrogens is 545 g/mol. The van der Waals surface area contributed by atoms with Crippen LogP contribution < -0.4 is 4.74 Å². The summed E-state index contributed by atoms with van der Waals surface area (Å²) < 4.78 is 84.7.